The van der Waals surface area contributed by atoms with E-state index < -0.39 is 17.9 Å². The molecule has 32 heavy (non-hydrogen) atoms. The Kier molecular flexibility index (Phi) is 6.35. The van der Waals surface area contributed by atoms with E-state index >= 15 is 0 Å². The third-order valence-corrected chi connectivity index (χ3v) is 4.52. The number of hydrogen-bond donors (Lipinski definition) is 1. The summed E-state index contributed by atoms with van der Waals surface area (Å²) < 4.78 is 28.6. The summed E-state index contributed by atoms with van der Waals surface area (Å²) in [6, 6.07) is 16.9. The van der Waals surface area contributed by atoms with Gasteiger partial charge in [-0.3, -0.25) is 4.79 Å². The summed E-state index contributed by atoms with van der Waals surface area (Å²) in [5.74, 6) is -1.20. The minimum absolute atomic E-state index is 0.0815. The van der Waals surface area contributed by atoms with Gasteiger partial charge in [0.2, 0.25) is 5.82 Å². The molecule has 2 aromatic carbocycles. The number of amides is 1. The van der Waals surface area contributed by atoms with Crippen LogP contribution < -0.4 is 5.32 Å². The van der Waals surface area contributed by atoms with Gasteiger partial charge in [-0.25, -0.2) is 9.18 Å². The molecule has 162 valence electrons. The molecule has 0 spiro atoms. The maximum absolute atomic E-state index is 13.1. The van der Waals surface area contributed by atoms with E-state index in [0.717, 1.165) is 5.56 Å². The molecule has 1 amide bonds. The summed E-state index contributed by atoms with van der Waals surface area (Å²) in [6.07, 6.45) is 1.59. The largest absolute Gasteiger partial charge is 0.459 e. The fourth-order valence-electron chi connectivity index (χ4n) is 2.94. The van der Waals surface area contributed by atoms with Crippen LogP contribution in [0, 0.1) is 5.82 Å². The molecule has 0 radical (unpaired) electrons. The lowest BCUT2D eigenvalue weighted by Crippen LogP contribution is -2.43. The Hall–Kier alpha value is -4.27. The third-order valence-electron chi connectivity index (χ3n) is 4.52. The van der Waals surface area contributed by atoms with Gasteiger partial charge in [-0.2, -0.15) is 4.98 Å². The molecule has 0 unspecified atom stereocenters. The van der Waals surface area contributed by atoms with Crippen molar-refractivity contribution in [3.63, 3.8) is 0 Å². The molecule has 0 aliphatic heterocycles. The van der Waals surface area contributed by atoms with Crippen molar-refractivity contribution < 1.29 is 27.7 Å². The predicted octanol–water partition coefficient (Wildman–Crippen LogP) is 3.55. The van der Waals surface area contributed by atoms with E-state index in [2.05, 4.69) is 15.5 Å². The number of carbonyl (C=O) groups excluding carboxylic acids is 2. The highest BCUT2D eigenvalue weighted by Crippen LogP contribution is 2.17. The van der Waals surface area contributed by atoms with Crippen LogP contribution in [0.3, 0.4) is 0 Å². The Morgan fingerprint density at radius 1 is 1.03 bits per heavy atom. The van der Waals surface area contributed by atoms with Gasteiger partial charge in [-0.15, -0.1) is 0 Å². The number of hydrogen-bond acceptors (Lipinski definition) is 7. The van der Waals surface area contributed by atoms with Crippen molar-refractivity contribution in [2.75, 3.05) is 0 Å². The molecular weight excluding hydrogens is 417 g/mol. The molecule has 0 aliphatic carbocycles. The van der Waals surface area contributed by atoms with Crippen molar-refractivity contribution in [2.45, 2.75) is 19.1 Å². The first-order chi connectivity index (χ1) is 15.6. The summed E-state index contributed by atoms with van der Waals surface area (Å²) in [5.41, 5.74) is 1.37. The van der Waals surface area contributed by atoms with Gasteiger partial charge >= 0.3 is 5.97 Å². The molecule has 4 rings (SSSR count). The van der Waals surface area contributed by atoms with E-state index in [9.17, 15) is 14.0 Å². The van der Waals surface area contributed by atoms with Gasteiger partial charge in [0, 0.05) is 12.0 Å². The second kappa shape index (κ2) is 9.69. The van der Waals surface area contributed by atoms with Gasteiger partial charge in [0.1, 0.15) is 11.9 Å². The minimum atomic E-state index is -0.960. The topological polar surface area (TPSA) is 107 Å². The van der Waals surface area contributed by atoms with Crippen LogP contribution in [0.1, 0.15) is 21.9 Å². The van der Waals surface area contributed by atoms with Gasteiger partial charge in [-0.05, 0) is 42.0 Å². The highest BCUT2D eigenvalue weighted by molar-refractivity contribution is 5.94. The van der Waals surface area contributed by atoms with Gasteiger partial charge in [-0.1, -0.05) is 35.5 Å². The zero-order chi connectivity index (χ0) is 22.3. The average molecular weight is 435 g/mol. The minimum Gasteiger partial charge on any atom is -0.459 e. The van der Waals surface area contributed by atoms with Crippen LogP contribution in [-0.4, -0.2) is 28.1 Å². The fraction of sp³-hybridized carbons (Fsp3) is 0.130. The molecule has 2 heterocycles. The van der Waals surface area contributed by atoms with E-state index in [1.807, 2.05) is 30.3 Å². The Balaban J connectivity index is 1.42. The summed E-state index contributed by atoms with van der Waals surface area (Å²) >= 11 is 0. The van der Waals surface area contributed by atoms with Crippen molar-refractivity contribution >= 4 is 11.9 Å². The van der Waals surface area contributed by atoms with Crippen molar-refractivity contribution in [3.8, 4) is 11.5 Å². The first-order valence-electron chi connectivity index (χ1n) is 9.72. The normalized spacial score (nSPS) is 11.7. The number of ether oxygens (including phenoxy) is 1. The zero-order valence-corrected chi connectivity index (χ0v) is 16.7. The predicted molar refractivity (Wildman–Crippen MR) is 110 cm³/mol. The molecule has 0 saturated carbocycles. The molecule has 4 aromatic rings. The molecule has 1 N–H and O–H groups in total. The Bertz CT molecular complexity index is 1170. The number of rotatable bonds is 8. The summed E-state index contributed by atoms with van der Waals surface area (Å²) in [5, 5.41) is 6.41. The van der Waals surface area contributed by atoms with Crippen LogP contribution in [0.25, 0.3) is 11.5 Å². The second-order valence-corrected chi connectivity index (χ2v) is 6.82. The van der Waals surface area contributed by atoms with Crippen molar-refractivity contribution in [2.24, 2.45) is 0 Å². The molecule has 1 atom stereocenters. The maximum Gasteiger partial charge on any atom is 0.329 e. The van der Waals surface area contributed by atoms with Crippen molar-refractivity contribution in [3.05, 3.63) is 96.0 Å². The monoisotopic (exact) mass is 435 g/mol. The lowest BCUT2D eigenvalue weighted by Gasteiger charge is -2.16. The molecule has 8 nitrogen and oxygen atoms in total. The molecule has 9 heteroatoms. The Labute approximate surface area is 182 Å². The van der Waals surface area contributed by atoms with Gasteiger partial charge in [0.25, 0.3) is 11.8 Å². The number of aromatic nitrogens is 2. The molecule has 0 saturated heterocycles. The molecule has 2 aromatic heterocycles. The van der Waals surface area contributed by atoms with Gasteiger partial charge in [0.15, 0.2) is 12.4 Å². The lowest BCUT2D eigenvalue weighted by molar-refractivity contribution is -0.147. The quantitative estimate of drug-likeness (QED) is 0.422. The van der Waals surface area contributed by atoms with Crippen molar-refractivity contribution in [1.29, 1.82) is 0 Å². The van der Waals surface area contributed by atoms with Crippen LogP contribution >= 0.6 is 0 Å². The van der Waals surface area contributed by atoms with Gasteiger partial charge < -0.3 is 19.0 Å². The van der Waals surface area contributed by atoms with Crippen LogP contribution in [0.15, 0.2) is 81.9 Å². The Morgan fingerprint density at radius 3 is 2.53 bits per heavy atom. The zero-order valence-electron chi connectivity index (χ0n) is 16.7. The highest BCUT2D eigenvalue weighted by Gasteiger charge is 2.25. The van der Waals surface area contributed by atoms with E-state index in [1.54, 1.807) is 6.07 Å². The average Bonchev–Trinajstić information content (AvgIpc) is 3.51. The van der Waals surface area contributed by atoms with Crippen molar-refractivity contribution in [1.82, 2.24) is 15.5 Å². The van der Waals surface area contributed by atoms with Gasteiger partial charge in [0.05, 0.1) is 6.26 Å². The molecule has 0 fully saturated rings. The van der Waals surface area contributed by atoms with Crippen LogP contribution in [-0.2, 0) is 22.6 Å². The second-order valence-electron chi connectivity index (χ2n) is 6.82. The number of carbonyl (C=O) groups is 2. The summed E-state index contributed by atoms with van der Waals surface area (Å²) in [7, 11) is 0. The first-order valence-corrected chi connectivity index (χ1v) is 9.72. The third kappa shape index (κ3) is 5.25. The Morgan fingerprint density at radius 2 is 1.81 bits per heavy atom. The SMILES string of the molecule is O=C(N[C@@H](Cc1ccccc1)C(=O)OCc1noc(-c2ccc(F)cc2)n1)c1ccco1. The number of furan rings is 1. The number of benzene rings is 2. The standard InChI is InChI=1S/C23H18FN3O5/c24-17-10-8-16(9-11-17)22-26-20(27-32-22)14-31-23(29)18(13-15-5-2-1-3-6-15)25-21(28)19-7-4-12-30-19/h1-12,18H,13-14H2,(H,25,28)/t18-/m0/s1. The first kappa shape index (κ1) is 21.0. The lowest BCUT2D eigenvalue weighted by atomic mass is 10.1. The summed E-state index contributed by atoms with van der Waals surface area (Å²) in [6.45, 7) is -0.258. The van der Waals surface area contributed by atoms with Crippen LogP contribution in [0.2, 0.25) is 0 Å². The maximum atomic E-state index is 13.1. The molecule has 0 bridgehead atoms. The van der Waals surface area contributed by atoms with E-state index in [0.29, 0.717) is 5.56 Å². The van der Waals surface area contributed by atoms with E-state index in [1.165, 1.54) is 36.6 Å². The number of esters is 1. The van der Waals surface area contributed by atoms with Crippen LogP contribution in [0.4, 0.5) is 4.39 Å². The fourth-order valence-corrected chi connectivity index (χ4v) is 2.94. The number of nitrogens with zero attached hydrogens (tertiary/aromatic N) is 2. The number of halogens is 1. The number of nitrogens with one attached hydrogen (secondary N) is 1. The smallest absolute Gasteiger partial charge is 0.329 e. The molecule has 0 aliphatic rings. The van der Waals surface area contributed by atoms with Crippen LogP contribution in [0.5, 0.6) is 0 Å². The summed E-state index contributed by atoms with van der Waals surface area (Å²) in [4.78, 5) is 29.3. The molecular formula is C23H18FN3O5. The highest BCUT2D eigenvalue weighted by atomic mass is 19.1. The van der Waals surface area contributed by atoms with E-state index in [4.69, 9.17) is 13.7 Å². The van der Waals surface area contributed by atoms with E-state index in [-0.39, 0.29) is 36.3 Å².